The molecule has 4 heteroatoms. The largest absolute Gasteiger partial charge is 0.330 e. The summed E-state index contributed by atoms with van der Waals surface area (Å²) in [4.78, 5) is 4.80. The molecule has 1 aliphatic carbocycles. The van der Waals surface area contributed by atoms with Gasteiger partial charge in [0.25, 0.3) is 0 Å². The maximum atomic E-state index is 5.88. The fourth-order valence-electron chi connectivity index (χ4n) is 2.95. The number of nitrogens with zero attached hydrogens (tertiary/aromatic N) is 3. The Labute approximate surface area is 110 Å². The van der Waals surface area contributed by atoms with E-state index in [1.54, 1.807) is 0 Å². The molecule has 0 aromatic carbocycles. The number of nitrogens with two attached hydrogens (primary N) is 1. The van der Waals surface area contributed by atoms with Crippen LogP contribution in [0.1, 0.15) is 69.4 Å². The minimum absolute atomic E-state index is 0.319. The lowest BCUT2D eigenvalue weighted by atomic mass is 9.89. The number of hydrogen-bond donors (Lipinski definition) is 1. The fraction of sp³-hybridized carbons (Fsp3) is 0.857. The van der Waals surface area contributed by atoms with E-state index >= 15 is 0 Å². The molecular formula is C14H26N4. The highest BCUT2D eigenvalue weighted by molar-refractivity contribution is 5.06. The number of aromatic nitrogens is 3. The molecule has 18 heavy (non-hydrogen) atoms. The first-order chi connectivity index (χ1) is 8.63. The van der Waals surface area contributed by atoms with Crippen LogP contribution in [0.25, 0.3) is 0 Å². The third-order valence-corrected chi connectivity index (χ3v) is 4.17. The van der Waals surface area contributed by atoms with Gasteiger partial charge in [-0.05, 0) is 18.8 Å². The van der Waals surface area contributed by atoms with Crippen LogP contribution in [0.2, 0.25) is 0 Å². The molecule has 102 valence electrons. The lowest BCUT2D eigenvalue weighted by Crippen LogP contribution is -2.21. The van der Waals surface area contributed by atoms with Gasteiger partial charge in [-0.3, -0.25) is 4.68 Å². The van der Waals surface area contributed by atoms with Gasteiger partial charge in [0.15, 0.2) is 5.82 Å². The molecule has 2 N–H and O–H groups in total. The van der Waals surface area contributed by atoms with Crippen LogP contribution in [0.3, 0.4) is 0 Å². The Hall–Kier alpha value is -0.900. The summed E-state index contributed by atoms with van der Waals surface area (Å²) >= 11 is 0. The zero-order valence-corrected chi connectivity index (χ0v) is 11.9. The van der Waals surface area contributed by atoms with Crippen LogP contribution in [-0.2, 0) is 7.05 Å². The van der Waals surface area contributed by atoms with Crippen LogP contribution >= 0.6 is 0 Å². The van der Waals surface area contributed by atoms with Gasteiger partial charge in [0, 0.05) is 25.4 Å². The molecule has 1 aromatic heterocycles. The summed E-state index contributed by atoms with van der Waals surface area (Å²) in [5.74, 6) is 3.51. The first-order valence-electron chi connectivity index (χ1n) is 7.24. The average Bonchev–Trinajstić information content (AvgIpc) is 2.73. The molecule has 2 rings (SSSR count). The summed E-state index contributed by atoms with van der Waals surface area (Å²) in [7, 11) is 2.00. The first kappa shape index (κ1) is 13.5. The molecule has 1 fully saturated rings. The molecule has 1 unspecified atom stereocenters. The Morgan fingerprint density at radius 1 is 1.28 bits per heavy atom. The highest BCUT2D eigenvalue weighted by Crippen LogP contribution is 2.32. The molecule has 1 heterocycles. The molecule has 0 spiro atoms. The average molecular weight is 250 g/mol. The Kier molecular flexibility index (Phi) is 4.38. The lowest BCUT2D eigenvalue weighted by Gasteiger charge is -2.18. The molecule has 0 saturated heterocycles. The van der Waals surface area contributed by atoms with E-state index in [-0.39, 0.29) is 0 Å². The number of aryl methyl sites for hydroxylation is 1. The van der Waals surface area contributed by atoms with Gasteiger partial charge in [-0.2, -0.15) is 5.10 Å². The van der Waals surface area contributed by atoms with E-state index in [2.05, 4.69) is 18.9 Å². The Morgan fingerprint density at radius 2 is 1.94 bits per heavy atom. The van der Waals surface area contributed by atoms with Crippen LogP contribution in [-0.4, -0.2) is 21.3 Å². The topological polar surface area (TPSA) is 56.7 Å². The van der Waals surface area contributed by atoms with E-state index in [1.807, 2.05) is 11.7 Å². The fourth-order valence-corrected chi connectivity index (χ4v) is 2.95. The zero-order valence-electron chi connectivity index (χ0n) is 11.9. The molecule has 1 saturated carbocycles. The smallest absolute Gasteiger partial charge is 0.154 e. The Morgan fingerprint density at radius 3 is 2.50 bits per heavy atom. The molecule has 0 bridgehead atoms. The van der Waals surface area contributed by atoms with Gasteiger partial charge < -0.3 is 5.73 Å². The van der Waals surface area contributed by atoms with Crippen molar-refractivity contribution in [2.24, 2.45) is 18.7 Å². The van der Waals surface area contributed by atoms with E-state index < -0.39 is 0 Å². The van der Waals surface area contributed by atoms with Crippen LogP contribution in [0, 0.1) is 5.92 Å². The first-order valence-corrected chi connectivity index (χ1v) is 7.24. The SMILES string of the molecule is CC(C)C(CN)c1nc(C2CCCCC2)nn1C. The van der Waals surface area contributed by atoms with Crippen molar-refractivity contribution >= 4 is 0 Å². The van der Waals surface area contributed by atoms with Gasteiger partial charge in [-0.15, -0.1) is 0 Å². The lowest BCUT2D eigenvalue weighted by molar-refractivity contribution is 0.427. The third kappa shape index (κ3) is 2.74. The summed E-state index contributed by atoms with van der Waals surface area (Å²) in [5, 5.41) is 4.64. The van der Waals surface area contributed by atoms with Crippen molar-refractivity contribution in [3.63, 3.8) is 0 Å². The van der Waals surface area contributed by atoms with Crippen molar-refractivity contribution in [3.05, 3.63) is 11.6 Å². The van der Waals surface area contributed by atoms with Gasteiger partial charge in [-0.25, -0.2) is 4.98 Å². The second-order valence-corrected chi connectivity index (χ2v) is 5.87. The predicted octanol–water partition coefficient (Wildman–Crippen LogP) is 2.56. The maximum Gasteiger partial charge on any atom is 0.154 e. The van der Waals surface area contributed by atoms with Crippen molar-refractivity contribution in [2.45, 2.75) is 57.8 Å². The molecule has 4 nitrogen and oxygen atoms in total. The van der Waals surface area contributed by atoms with E-state index in [0.29, 0.717) is 24.3 Å². The normalized spacial score (nSPS) is 19.4. The second kappa shape index (κ2) is 5.83. The third-order valence-electron chi connectivity index (χ3n) is 4.17. The van der Waals surface area contributed by atoms with Gasteiger partial charge in [-0.1, -0.05) is 33.1 Å². The van der Waals surface area contributed by atoms with Crippen molar-refractivity contribution in [2.75, 3.05) is 6.54 Å². The summed E-state index contributed by atoms with van der Waals surface area (Å²) in [5.41, 5.74) is 5.88. The van der Waals surface area contributed by atoms with Gasteiger partial charge in [0.05, 0.1) is 0 Å². The van der Waals surface area contributed by atoms with Crippen molar-refractivity contribution in [1.82, 2.24) is 14.8 Å². The van der Waals surface area contributed by atoms with E-state index in [9.17, 15) is 0 Å². The van der Waals surface area contributed by atoms with E-state index in [4.69, 9.17) is 10.7 Å². The predicted molar refractivity (Wildman–Crippen MR) is 73.5 cm³/mol. The maximum absolute atomic E-state index is 5.88. The minimum Gasteiger partial charge on any atom is -0.330 e. The molecule has 1 aliphatic rings. The standard InChI is InChI=1S/C14H26N4/c1-10(2)12(9-15)14-16-13(17-18(14)3)11-7-5-4-6-8-11/h10-12H,4-9,15H2,1-3H3. The molecule has 1 aromatic rings. The highest BCUT2D eigenvalue weighted by Gasteiger charge is 2.25. The van der Waals surface area contributed by atoms with Crippen LogP contribution in [0.5, 0.6) is 0 Å². The van der Waals surface area contributed by atoms with Gasteiger partial charge in [0.2, 0.25) is 0 Å². The summed E-state index contributed by atoms with van der Waals surface area (Å²) < 4.78 is 1.95. The number of hydrogen-bond acceptors (Lipinski definition) is 3. The van der Waals surface area contributed by atoms with Crippen molar-refractivity contribution in [1.29, 1.82) is 0 Å². The summed E-state index contributed by atoms with van der Waals surface area (Å²) in [6, 6.07) is 0. The summed E-state index contributed by atoms with van der Waals surface area (Å²) in [6.07, 6.45) is 6.51. The Balaban J connectivity index is 2.19. The highest BCUT2D eigenvalue weighted by atomic mass is 15.3. The van der Waals surface area contributed by atoms with E-state index in [1.165, 1.54) is 32.1 Å². The van der Waals surface area contributed by atoms with Crippen molar-refractivity contribution < 1.29 is 0 Å². The summed E-state index contributed by atoms with van der Waals surface area (Å²) in [6.45, 7) is 5.05. The monoisotopic (exact) mass is 250 g/mol. The molecular weight excluding hydrogens is 224 g/mol. The van der Waals surface area contributed by atoms with Crippen LogP contribution in [0.4, 0.5) is 0 Å². The molecule has 0 amide bonds. The van der Waals surface area contributed by atoms with Gasteiger partial charge in [0.1, 0.15) is 5.82 Å². The molecule has 0 radical (unpaired) electrons. The molecule has 1 atom stereocenters. The second-order valence-electron chi connectivity index (χ2n) is 5.87. The van der Waals surface area contributed by atoms with Crippen LogP contribution in [0.15, 0.2) is 0 Å². The van der Waals surface area contributed by atoms with Crippen molar-refractivity contribution in [3.8, 4) is 0 Å². The minimum atomic E-state index is 0.319. The molecule has 0 aliphatic heterocycles. The Bertz CT molecular complexity index is 377. The van der Waals surface area contributed by atoms with E-state index in [0.717, 1.165) is 11.6 Å². The quantitative estimate of drug-likeness (QED) is 0.893. The zero-order chi connectivity index (χ0) is 13.1. The van der Waals surface area contributed by atoms with Crippen LogP contribution < -0.4 is 5.73 Å². The number of rotatable bonds is 4. The van der Waals surface area contributed by atoms with Gasteiger partial charge >= 0.3 is 0 Å².